The molecule has 41 heavy (non-hydrogen) atoms. The number of carbonyl (C=O) groups excluding carboxylic acids is 2. The van der Waals surface area contributed by atoms with Crippen molar-refractivity contribution in [2.24, 2.45) is 0 Å². The number of halogens is 1. The molecule has 1 aliphatic rings. The molecule has 8 nitrogen and oxygen atoms in total. The molecule has 0 unspecified atom stereocenters. The molecule has 2 amide bonds. The van der Waals surface area contributed by atoms with E-state index in [9.17, 15) is 18.0 Å². The molecule has 0 bridgehead atoms. The van der Waals surface area contributed by atoms with Gasteiger partial charge in [-0.3, -0.25) is 9.59 Å². The minimum Gasteiger partial charge on any atom is -0.383 e. The third-order valence-electron chi connectivity index (χ3n) is 6.90. The van der Waals surface area contributed by atoms with Crippen molar-refractivity contribution in [2.45, 2.75) is 55.6 Å². The SMILES string of the molecule is COCCNC(=O)[C@H](Cc1ccccc1)N(Cc1ccc(Cl)cc1)C(=O)CCc1ccc(S(=O)(=O)NC2CC2)cc1. The lowest BCUT2D eigenvalue weighted by Gasteiger charge is -2.31. The Bertz CT molecular complexity index is 1400. The molecule has 0 saturated heterocycles. The van der Waals surface area contributed by atoms with Crippen LogP contribution in [0.5, 0.6) is 0 Å². The number of amides is 2. The van der Waals surface area contributed by atoms with Gasteiger partial charge in [0.2, 0.25) is 21.8 Å². The van der Waals surface area contributed by atoms with Gasteiger partial charge in [-0.25, -0.2) is 13.1 Å². The van der Waals surface area contributed by atoms with E-state index in [0.717, 1.165) is 29.5 Å². The molecule has 2 N–H and O–H groups in total. The Labute approximate surface area is 247 Å². The Morgan fingerprint density at radius 3 is 2.24 bits per heavy atom. The second-order valence-electron chi connectivity index (χ2n) is 10.2. The van der Waals surface area contributed by atoms with Gasteiger partial charge in [-0.15, -0.1) is 0 Å². The summed E-state index contributed by atoms with van der Waals surface area (Å²) in [6.07, 6.45) is 2.62. The summed E-state index contributed by atoms with van der Waals surface area (Å²) in [4.78, 5) is 29.1. The molecule has 0 spiro atoms. The Balaban J connectivity index is 1.53. The highest BCUT2D eigenvalue weighted by atomic mass is 35.5. The van der Waals surface area contributed by atoms with Crippen molar-refractivity contribution in [3.8, 4) is 0 Å². The lowest BCUT2D eigenvalue weighted by Crippen LogP contribution is -2.51. The van der Waals surface area contributed by atoms with Crippen LogP contribution in [-0.4, -0.2) is 57.5 Å². The van der Waals surface area contributed by atoms with E-state index >= 15 is 0 Å². The van der Waals surface area contributed by atoms with Crippen LogP contribution in [0.4, 0.5) is 0 Å². The number of rotatable bonds is 15. The van der Waals surface area contributed by atoms with E-state index in [1.54, 1.807) is 48.4 Å². The first-order valence-corrected chi connectivity index (χ1v) is 15.6. The molecule has 0 aliphatic heterocycles. The monoisotopic (exact) mass is 597 g/mol. The Hall–Kier alpha value is -3.24. The number of hydrogen-bond donors (Lipinski definition) is 2. The molecule has 1 atom stereocenters. The molecule has 0 radical (unpaired) electrons. The van der Waals surface area contributed by atoms with Crippen LogP contribution in [0.25, 0.3) is 0 Å². The van der Waals surface area contributed by atoms with E-state index in [4.69, 9.17) is 16.3 Å². The minimum atomic E-state index is -3.54. The quantitative estimate of drug-likeness (QED) is 0.257. The summed E-state index contributed by atoms with van der Waals surface area (Å²) in [5, 5.41) is 3.49. The van der Waals surface area contributed by atoms with Gasteiger partial charge in [-0.1, -0.05) is 66.2 Å². The summed E-state index contributed by atoms with van der Waals surface area (Å²) in [5.41, 5.74) is 2.62. The summed E-state index contributed by atoms with van der Waals surface area (Å²) in [5.74, 6) is -0.444. The fourth-order valence-corrected chi connectivity index (χ4v) is 5.88. The maximum absolute atomic E-state index is 13.8. The summed E-state index contributed by atoms with van der Waals surface area (Å²) in [7, 11) is -1.98. The van der Waals surface area contributed by atoms with Gasteiger partial charge in [0, 0.05) is 44.1 Å². The van der Waals surface area contributed by atoms with Crippen LogP contribution in [0.2, 0.25) is 5.02 Å². The molecule has 3 aromatic rings. The first kappa shape index (κ1) is 30.7. The molecular formula is C31H36ClN3O5S. The van der Waals surface area contributed by atoms with Crippen LogP contribution in [0.1, 0.15) is 36.0 Å². The summed E-state index contributed by atoms with van der Waals surface area (Å²) < 4.78 is 32.8. The van der Waals surface area contributed by atoms with Gasteiger partial charge >= 0.3 is 0 Å². The number of nitrogens with zero attached hydrogens (tertiary/aromatic N) is 1. The molecule has 1 saturated carbocycles. The van der Waals surface area contributed by atoms with E-state index in [2.05, 4.69) is 10.0 Å². The van der Waals surface area contributed by atoms with Gasteiger partial charge in [0.1, 0.15) is 6.04 Å². The molecule has 0 aromatic heterocycles. The van der Waals surface area contributed by atoms with Gasteiger partial charge in [-0.05, 0) is 60.2 Å². The number of methoxy groups -OCH3 is 1. The van der Waals surface area contributed by atoms with Crippen LogP contribution in [0, 0.1) is 0 Å². The van der Waals surface area contributed by atoms with Crippen molar-refractivity contribution in [3.05, 3.63) is 101 Å². The molecule has 218 valence electrons. The number of carbonyl (C=O) groups is 2. The Morgan fingerprint density at radius 2 is 1.61 bits per heavy atom. The van der Waals surface area contributed by atoms with E-state index in [1.165, 1.54) is 0 Å². The second kappa shape index (κ2) is 14.6. The van der Waals surface area contributed by atoms with E-state index < -0.39 is 16.1 Å². The highest BCUT2D eigenvalue weighted by Crippen LogP contribution is 2.23. The lowest BCUT2D eigenvalue weighted by molar-refractivity contribution is -0.141. The first-order valence-electron chi connectivity index (χ1n) is 13.7. The predicted molar refractivity (Wildman–Crippen MR) is 159 cm³/mol. The highest BCUT2D eigenvalue weighted by Gasteiger charge is 2.30. The topological polar surface area (TPSA) is 105 Å². The van der Waals surface area contributed by atoms with Gasteiger partial charge in [0.25, 0.3) is 0 Å². The fourth-order valence-electron chi connectivity index (χ4n) is 4.45. The Morgan fingerprint density at radius 1 is 0.951 bits per heavy atom. The van der Waals surface area contributed by atoms with Gasteiger partial charge < -0.3 is 15.0 Å². The van der Waals surface area contributed by atoms with Crippen molar-refractivity contribution >= 4 is 33.4 Å². The maximum Gasteiger partial charge on any atom is 0.243 e. The fraction of sp³-hybridized carbons (Fsp3) is 0.355. The minimum absolute atomic E-state index is 0.0273. The van der Waals surface area contributed by atoms with E-state index in [1.807, 2.05) is 42.5 Å². The first-order chi connectivity index (χ1) is 19.7. The molecule has 3 aromatic carbocycles. The van der Waals surface area contributed by atoms with Crippen LogP contribution >= 0.6 is 11.6 Å². The number of hydrogen-bond acceptors (Lipinski definition) is 5. The van der Waals surface area contributed by atoms with Crippen LogP contribution < -0.4 is 10.0 Å². The molecule has 10 heteroatoms. The summed E-state index contributed by atoms with van der Waals surface area (Å²) in [6.45, 7) is 0.917. The van der Waals surface area contributed by atoms with Crippen LogP contribution in [-0.2, 0) is 43.7 Å². The summed E-state index contributed by atoms with van der Waals surface area (Å²) in [6, 6.07) is 22.7. The zero-order valence-corrected chi connectivity index (χ0v) is 24.7. The lowest BCUT2D eigenvalue weighted by atomic mass is 10.0. The largest absolute Gasteiger partial charge is 0.383 e. The van der Waals surface area contributed by atoms with Crippen molar-refractivity contribution < 1.29 is 22.7 Å². The van der Waals surface area contributed by atoms with Gasteiger partial charge in [-0.2, -0.15) is 0 Å². The standard InChI is InChI=1S/C31H36ClN3O5S/c1-40-20-19-33-31(37)29(21-24-5-3-2-4-6-24)35(22-25-7-12-26(32)13-8-25)30(36)18-11-23-9-16-28(17-10-23)41(38,39)34-27-14-15-27/h2-10,12-13,16-17,27,29,34H,11,14-15,18-22H2,1H3,(H,33,37)/t29-/m0/s1. The van der Waals surface area contributed by atoms with Gasteiger partial charge in [0.15, 0.2) is 0 Å². The third kappa shape index (κ3) is 9.39. The predicted octanol–water partition coefficient (Wildman–Crippen LogP) is 4.12. The van der Waals surface area contributed by atoms with E-state index in [0.29, 0.717) is 31.0 Å². The van der Waals surface area contributed by atoms with Gasteiger partial charge in [0.05, 0.1) is 11.5 Å². The van der Waals surface area contributed by atoms with Crippen molar-refractivity contribution in [2.75, 3.05) is 20.3 Å². The van der Waals surface area contributed by atoms with Crippen molar-refractivity contribution in [3.63, 3.8) is 0 Å². The molecule has 0 heterocycles. The number of ether oxygens (including phenoxy) is 1. The molecule has 4 rings (SSSR count). The highest BCUT2D eigenvalue weighted by molar-refractivity contribution is 7.89. The number of nitrogens with one attached hydrogen (secondary N) is 2. The normalized spacial score (nSPS) is 13.9. The molecule has 1 fully saturated rings. The molecular weight excluding hydrogens is 562 g/mol. The van der Waals surface area contributed by atoms with Crippen LogP contribution in [0.15, 0.2) is 83.8 Å². The number of aryl methyl sites for hydroxylation is 1. The zero-order chi connectivity index (χ0) is 29.2. The number of benzene rings is 3. The van der Waals surface area contributed by atoms with Crippen LogP contribution in [0.3, 0.4) is 0 Å². The second-order valence-corrected chi connectivity index (χ2v) is 12.3. The Kier molecular flexibility index (Phi) is 10.9. The van der Waals surface area contributed by atoms with Crippen molar-refractivity contribution in [1.82, 2.24) is 14.9 Å². The smallest absolute Gasteiger partial charge is 0.243 e. The number of sulfonamides is 1. The zero-order valence-electron chi connectivity index (χ0n) is 23.1. The molecule has 1 aliphatic carbocycles. The van der Waals surface area contributed by atoms with Crippen molar-refractivity contribution in [1.29, 1.82) is 0 Å². The summed E-state index contributed by atoms with van der Waals surface area (Å²) >= 11 is 6.09. The average molecular weight is 598 g/mol. The third-order valence-corrected chi connectivity index (χ3v) is 8.69. The maximum atomic E-state index is 13.8. The van der Waals surface area contributed by atoms with E-state index in [-0.39, 0.29) is 35.7 Å². The average Bonchev–Trinajstić information content (AvgIpc) is 3.79.